The first kappa shape index (κ1) is 24.0. The van der Waals surface area contributed by atoms with Gasteiger partial charge in [0.15, 0.2) is 10.9 Å². The van der Waals surface area contributed by atoms with Gasteiger partial charge in [-0.2, -0.15) is 5.10 Å². The first-order valence-electron chi connectivity index (χ1n) is 12.1. The molecule has 0 saturated carbocycles. The number of hydrogen-bond acceptors (Lipinski definition) is 7. The Morgan fingerprint density at radius 3 is 2.83 bits per heavy atom. The number of phenolic OH excluding ortho intramolecular Hbond substituents is 1. The number of thiazole rings is 1. The van der Waals surface area contributed by atoms with E-state index < -0.39 is 0 Å². The van der Waals surface area contributed by atoms with Crippen LogP contribution < -0.4 is 10.6 Å². The summed E-state index contributed by atoms with van der Waals surface area (Å²) >= 11 is 1.26. The van der Waals surface area contributed by atoms with Crippen molar-refractivity contribution in [3.8, 4) is 5.75 Å². The van der Waals surface area contributed by atoms with E-state index in [-0.39, 0.29) is 11.7 Å². The monoisotopic (exact) mass is 502 g/mol. The second kappa shape index (κ2) is 10.5. The summed E-state index contributed by atoms with van der Waals surface area (Å²) < 4.78 is 2.03. The number of phenols is 1. The Hall–Kier alpha value is -3.69. The summed E-state index contributed by atoms with van der Waals surface area (Å²) in [4.78, 5) is 20.1. The molecule has 2 aromatic carbocycles. The van der Waals surface area contributed by atoms with Gasteiger partial charge in [-0.15, -0.1) is 0 Å². The number of aryl methyl sites for hydroxylation is 1. The number of rotatable bonds is 8. The lowest BCUT2D eigenvalue weighted by Crippen LogP contribution is -2.24. The van der Waals surface area contributed by atoms with Crippen LogP contribution in [-0.4, -0.2) is 50.3 Å². The first-order valence-corrected chi connectivity index (χ1v) is 12.9. The maximum atomic E-state index is 12.8. The summed E-state index contributed by atoms with van der Waals surface area (Å²) in [6, 6.07) is 16.3. The molecule has 2 aromatic heterocycles. The first-order chi connectivity index (χ1) is 17.5. The molecule has 0 bridgehead atoms. The summed E-state index contributed by atoms with van der Waals surface area (Å²) in [6.07, 6.45) is 5.69. The van der Waals surface area contributed by atoms with Crippen LogP contribution >= 0.6 is 11.3 Å². The molecule has 0 radical (unpaired) electrons. The molecule has 1 aliphatic heterocycles. The van der Waals surface area contributed by atoms with Gasteiger partial charge < -0.3 is 20.6 Å². The molecule has 186 valence electrons. The van der Waals surface area contributed by atoms with Gasteiger partial charge in [0.05, 0.1) is 17.9 Å². The summed E-state index contributed by atoms with van der Waals surface area (Å²) in [5, 5.41) is 21.4. The zero-order chi connectivity index (χ0) is 25.1. The molecule has 0 spiro atoms. The molecule has 1 aliphatic rings. The highest BCUT2D eigenvalue weighted by atomic mass is 32.1. The highest BCUT2D eigenvalue weighted by Crippen LogP contribution is 2.30. The van der Waals surface area contributed by atoms with E-state index in [9.17, 15) is 9.90 Å². The average molecular weight is 503 g/mol. The molecule has 1 fully saturated rings. The van der Waals surface area contributed by atoms with Gasteiger partial charge >= 0.3 is 0 Å². The molecular weight excluding hydrogens is 472 g/mol. The minimum Gasteiger partial charge on any atom is -0.508 e. The zero-order valence-corrected chi connectivity index (χ0v) is 21.3. The van der Waals surface area contributed by atoms with Crippen LogP contribution in [0.2, 0.25) is 0 Å². The number of nitrogens with one attached hydrogen (secondary N) is 2. The van der Waals surface area contributed by atoms with E-state index in [1.165, 1.54) is 16.9 Å². The number of aromatic hydroxyl groups is 1. The van der Waals surface area contributed by atoms with Crippen molar-refractivity contribution in [1.29, 1.82) is 0 Å². The fourth-order valence-electron chi connectivity index (χ4n) is 4.52. The molecule has 0 unspecified atom stereocenters. The predicted molar refractivity (Wildman–Crippen MR) is 143 cm³/mol. The molecule has 5 rings (SSSR count). The number of hydrogen-bond donors (Lipinski definition) is 3. The standard InChI is InChI=1S/C27H30N6O2S/c1-18-8-9-22(34)19(2)25(18)30-26(35)23-16-28-27(36-23)29-24-12-15-33(31-24)21-11-14-32(17-21)13-10-20-6-4-3-5-7-20/h3-9,12,15-16,21,34H,10-11,13-14,17H2,1-2H3,(H,30,35)(H,28,29,31)/t21-/m1/s1. The van der Waals surface area contributed by atoms with Crippen molar-refractivity contribution in [3.63, 3.8) is 0 Å². The van der Waals surface area contributed by atoms with Crippen molar-refractivity contribution >= 4 is 33.9 Å². The fraction of sp³-hybridized carbons (Fsp3) is 0.296. The zero-order valence-electron chi connectivity index (χ0n) is 20.4. The van der Waals surface area contributed by atoms with E-state index in [0.29, 0.717) is 33.1 Å². The smallest absolute Gasteiger partial charge is 0.267 e. The van der Waals surface area contributed by atoms with Crippen LogP contribution in [0.3, 0.4) is 0 Å². The van der Waals surface area contributed by atoms with Crippen LogP contribution in [0.15, 0.2) is 60.9 Å². The van der Waals surface area contributed by atoms with Gasteiger partial charge in [0.25, 0.3) is 5.91 Å². The maximum absolute atomic E-state index is 12.8. The Morgan fingerprint density at radius 2 is 2.00 bits per heavy atom. The van der Waals surface area contributed by atoms with E-state index in [0.717, 1.165) is 38.0 Å². The lowest BCUT2D eigenvalue weighted by molar-refractivity contribution is 0.103. The van der Waals surface area contributed by atoms with Crippen LogP contribution in [-0.2, 0) is 6.42 Å². The minimum absolute atomic E-state index is 0.153. The van der Waals surface area contributed by atoms with Gasteiger partial charge in [-0.3, -0.25) is 9.48 Å². The summed E-state index contributed by atoms with van der Waals surface area (Å²) in [6.45, 7) is 6.79. The number of likely N-dealkylation sites (tertiary alicyclic amines) is 1. The number of carbonyl (C=O) groups is 1. The van der Waals surface area contributed by atoms with Crippen LogP contribution in [0, 0.1) is 13.8 Å². The molecule has 9 heteroatoms. The number of amides is 1. The van der Waals surface area contributed by atoms with E-state index in [2.05, 4.69) is 50.8 Å². The van der Waals surface area contributed by atoms with Crippen molar-refractivity contribution in [2.24, 2.45) is 0 Å². The number of benzene rings is 2. The van der Waals surface area contributed by atoms with Gasteiger partial charge in [-0.25, -0.2) is 4.98 Å². The molecule has 3 N–H and O–H groups in total. The highest BCUT2D eigenvalue weighted by molar-refractivity contribution is 7.17. The number of aromatic nitrogens is 3. The third kappa shape index (κ3) is 5.42. The van der Waals surface area contributed by atoms with Crippen LogP contribution in [0.25, 0.3) is 0 Å². The second-order valence-electron chi connectivity index (χ2n) is 9.17. The number of carbonyl (C=O) groups excluding carboxylic acids is 1. The summed E-state index contributed by atoms with van der Waals surface area (Å²) in [5.41, 5.74) is 3.52. The van der Waals surface area contributed by atoms with E-state index in [1.54, 1.807) is 25.3 Å². The lowest BCUT2D eigenvalue weighted by atomic mass is 10.1. The van der Waals surface area contributed by atoms with E-state index in [1.807, 2.05) is 23.9 Å². The van der Waals surface area contributed by atoms with Crippen molar-refractivity contribution in [2.75, 3.05) is 30.3 Å². The van der Waals surface area contributed by atoms with E-state index in [4.69, 9.17) is 5.10 Å². The average Bonchev–Trinajstić information content (AvgIpc) is 3.65. The van der Waals surface area contributed by atoms with Crippen molar-refractivity contribution < 1.29 is 9.90 Å². The molecule has 1 amide bonds. The lowest BCUT2D eigenvalue weighted by Gasteiger charge is -2.16. The van der Waals surface area contributed by atoms with Crippen LogP contribution in [0.5, 0.6) is 5.75 Å². The highest BCUT2D eigenvalue weighted by Gasteiger charge is 2.24. The fourth-order valence-corrected chi connectivity index (χ4v) is 5.24. The van der Waals surface area contributed by atoms with Gasteiger partial charge in [0.2, 0.25) is 0 Å². The van der Waals surface area contributed by atoms with Gasteiger partial charge in [0, 0.05) is 37.5 Å². The molecule has 0 aliphatic carbocycles. The van der Waals surface area contributed by atoms with Gasteiger partial charge in [-0.05, 0) is 43.9 Å². The largest absolute Gasteiger partial charge is 0.508 e. The summed E-state index contributed by atoms with van der Waals surface area (Å²) in [7, 11) is 0. The predicted octanol–water partition coefficient (Wildman–Crippen LogP) is 5.15. The molecule has 8 nitrogen and oxygen atoms in total. The second-order valence-corrected chi connectivity index (χ2v) is 10.2. The van der Waals surface area contributed by atoms with Gasteiger partial charge in [-0.1, -0.05) is 47.7 Å². The van der Waals surface area contributed by atoms with Crippen LogP contribution in [0.4, 0.5) is 16.6 Å². The molecule has 3 heterocycles. The third-order valence-electron chi connectivity index (χ3n) is 6.64. The quantitative estimate of drug-likeness (QED) is 0.309. The number of nitrogens with zero attached hydrogens (tertiary/aromatic N) is 4. The molecule has 1 saturated heterocycles. The molecule has 1 atom stereocenters. The Morgan fingerprint density at radius 1 is 1.17 bits per heavy atom. The Kier molecular flexibility index (Phi) is 7.02. The molecule has 36 heavy (non-hydrogen) atoms. The van der Waals surface area contributed by atoms with Gasteiger partial charge in [0.1, 0.15) is 10.6 Å². The van der Waals surface area contributed by atoms with Crippen LogP contribution in [0.1, 0.15) is 38.8 Å². The van der Waals surface area contributed by atoms with Crippen molar-refractivity contribution in [3.05, 3.63) is 82.5 Å². The molecule has 4 aromatic rings. The number of anilines is 3. The third-order valence-corrected chi connectivity index (χ3v) is 7.55. The Labute approximate surface area is 214 Å². The maximum Gasteiger partial charge on any atom is 0.267 e. The van der Waals surface area contributed by atoms with E-state index >= 15 is 0 Å². The SMILES string of the molecule is Cc1ccc(O)c(C)c1NC(=O)c1cnc(Nc2ccn([C@@H]3CCN(CCc4ccccc4)C3)n2)s1. The van der Waals surface area contributed by atoms with Crippen molar-refractivity contribution in [2.45, 2.75) is 32.7 Å². The summed E-state index contributed by atoms with van der Waals surface area (Å²) in [5.74, 6) is 0.600. The topological polar surface area (TPSA) is 95.3 Å². The Balaban J connectivity index is 1.16. The van der Waals surface area contributed by atoms with Crippen molar-refractivity contribution in [1.82, 2.24) is 19.7 Å². The normalized spacial score (nSPS) is 15.8. The minimum atomic E-state index is -0.260. The molecular formula is C27H30N6O2S. The Bertz CT molecular complexity index is 1350.